The van der Waals surface area contributed by atoms with E-state index in [2.05, 4.69) is 20.1 Å². The van der Waals surface area contributed by atoms with Crippen molar-refractivity contribution in [3.8, 4) is 23.1 Å². The zero-order chi connectivity index (χ0) is 16.2. The first kappa shape index (κ1) is 14.8. The molecule has 0 aliphatic heterocycles. The molecule has 0 spiro atoms. The third-order valence-electron chi connectivity index (χ3n) is 3.61. The minimum absolute atomic E-state index is 0.305. The summed E-state index contributed by atoms with van der Waals surface area (Å²) in [5.74, 6) is 2.38. The number of nitrogens with zero attached hydrogens (tertiary/aromatic N) is 4. The smallest absolute Gasteiger partial charge is 0.321 e. The molecule has 0 amide bonds. The Morgan fingerprint density at radius 1 is 1.08 bits per heavy atom. The van der Waals surface area contributed by atoms with E-state index in [9.17, 15) is 0 Å². The summed E-state index contributed by atoms with van der Waals surface area (Å²) >= 11 is 0. The highest BCUT2D eigenvalue weighted by molar-refractivity contribution is 5.55. The van der Waals surface area contributed by atoms with Gasteiger partial charge in [0.25, 0.3) is 5.89 Å². The molecular formula is C17H16N4O3. The second-order valence-corrected chi connectivity index (χ2v) is 5.63. The average molecular weight is 324 g/mol. The second kappa shape index (κ2) is 6.76. The number of ether oxygens (including phenoxy) is 2. The van der Waals surface area contributed by atoms with Crippen LogP contribution in [-0.4, -0.2) is 26.7 Å². The number of hydrogen-bond acceptors (Lipinski definition) is 7. The molecule has 0 N–H and O–H groups in total. The van der Waals surface area contributed by atoms with Crippen molar-refractivity contribution in [2.75, 3.05) is 6.61 Å². The van der Waals surface area contributed by atoms with Crippen LogP contribution in [0.4, 0.5) is 0 Å². The third-order valence-corrected chi connectivity index (χ3v) is 3.61. The predicted octanol–water partition coefficient (Wildman–Crippen LogP) is 3.25. The van der Waals surface area contributed by atoms with Gasteiger partial charge in [-0.2, -0.15) is 4.98 Å². The van der Waals surface area contributed by atoms with Crippen LogP contribution in [0.2, 0.25) is 0 Å². The maximum atomic E-state index is 5.55. The SMILES string of the molecule is c1cnc(Oc2ccc(-c3noc(COCC4CC4)n3)cc2)nc1. The van der Waals surface area contributed by atoms with Gasteiger partial charge < -0.3 is 14.0 Å². The standard InChI is InChI=1S/C17H16N4O3/c1-8-18-17(19-9-1)23-14-6-4-13(5-7-14)16-20-15(24-21-16)11-22-10-12-2-3-12/h1,4-9,12H,2-3,10-11H2. The maximum Gasteiger partial charge on any atom is 0.321 e. The van der Waals surface area contributed by atoms with Crippen LogP contribution in [0.25, 0.3) is 11.4 Å². The fourth-order valence-corrected chi connectivity index (χ4v) is 2.14. The van der Waals surface area contributed by atoms with E-state index in [-0.39, 0.29) is 0 Å². The molecule has 0 unspecified atom stereocenters. The zero-order valence-corrected chi connectivity index (χ0v) is 13.0. The van der Waals surface area contributed by atoms with Crippen LogP contribution in [0.3, 0.4) is 0 Å². The number of rotatable bonds is 7. The van der Waals surface area contributed by atoms with Gasteiger partial charge in [-0.25, -0.2) is 9.97 Å². The van der Waals surface area contributed by atoms with Crippen LogP contribution < -0.4 is 4.74 Å². The van der Waals surface area contributed by atoms with Crippen molar-refractivity contribution in [3.05, 3.63) is 48.6 Å². The minimum Gasteiger partial charge on any atom is -0.424 e. The molecule has 2 aromatic heterocycles. The van der Waals surface area contributed by atoms with Crippen LogP contribution in [0.1, 0.15) is 18.7 Å². The molecule has 122 valence electrons. The molecule has 1 saturated carbocycles. The van der Waals surface area contributed by atoms with Crippen LogP contribution >= 0.6 is 0 Å². The normalized spacial score (nSPS) is 13.8. The molecular weight excluding hydrogens is 308 g/mol. The Kier molecular flexibility index (Phi) is 4.16. The van der Waals surface area contributed by atoms with E-state index in [1.807, 2.05) is 24.3 Å². The van der Waals surface area contributed by atoms with Crippen molar-refractivity contribution in [2.45, 2.75) is 19.4 Å². The average Bonchev–Trinajstić information content (AvgIpc) is 3.32. The third kappa shape index (κ3) is 3.75. The minimum atomic E-state index is 0.305. The molecule has 4 rings (SSSR count). The first-order chi connectivity index (χ1) is 11.9. The lowest BCUT2D eigenvalue weighted by atomic mass is 10.2. The lowest BCUT2D eigenvalue weighted by molar-refractivity contribution is 0.0894. The van der Waals surface area contributed by atoms with Crippen molar-refractivity contribution in [2.24, 2.45) is 5.92 Å². The molecule has 1 aliphatic carbocycles. The van der Waals surface area contributed by atoms with Gasteiger partial charge in [0, 0.05) is 18.0 Å². The van der Waals surface area contributed by atoms with Crippen molar-refractivity contribution in [1.82, 2.24) is 20.1 Å². The molecule has 7 heteroatoms. The van der Waals surface area contributed by atoms with Gasteiger partial charge in [0.05, 0.1) is 6.61 Å². The van der Waals surface area contributed by atoms with Crippen molar-refractivity contribution < 1.29 is 14.0 Å². The van der Waals surface area contributed by atoms with Crippen LogP contribution in [0, 0.1) is 5.92 Å². The summed E-state index contributed by atoms with van der Waals surface area (Å²) < 4.78 is 16.3. The molecule has 0 bridgehead atoms. The van der Waals surface area contributed by atoms with Gasteiger partial charge in [-0.05, 0) is 49.1 Å². The Labute approximate surface area is 138 Å². The number of hydrogen-bond donors (Lipinski definition) is 0. The van der Waals surface area contributed by atoms with Gasteiger partial charge in [0.2, 0.25) is 5.82 Å². The van der Waals surface area contributed by atoms with Crippen LogP contribution in [0.15, 0.2) is 47.2 Å². The van der Waals surface area contributed by atoms with Gasteiger partial charge in [-0.3, -0.25) is 0 Å². The fourth-order valence-electron chi connectivity index (χ4n) is 2.14. The lowest BCUT2D eigenvalue weighted by Gasteiger charge is -2.03. The molecule has 24 heavy (non-hydrogen) atoms. The first-order valence-corrected chi connectivity index (χ1v) is 7.82. The Hall–Kier alpha value is -2.80. The quantitative estimate of drug-likeness (QED) is 0.659. The Morgan fingerprint density at radius 3 is 2.62 bits per heavy atom. The highest BCUT2D eigenvalue weighted by atomic mass is 16.5. The number of aromatic nitrogens is 4. The summed E-state index contributed by atoms with van der Waals surface area (Å²) in [6, 6.07) is 9.38. The van der Waals surface area contributed by atoms with Crippen molar-refractivity contribution in [1.29, 1.82) is 0 Å². The summed E-state index contributed by atoms with van der Waals surface area (Å²) in [5, 5.41) is 3.98. The molecule has 1 aromatic carbocycles. The molecule has 0 saturated heterocycles. The number of benzene rings is 1. The van der Waals surface area contributed by atoms with E-state index < -0.39 is 0 Å². The van der Waals surface area contributed by atoms with E-state index in [1.54, 1.807) is 18.5 Å². The predicted molar refractivity (Wildman–Crippen MR) is 84.2 cm³/mol. The van der Waals surface area contributed by atoms with Crippen molar-refractivity contribution in [3.63, 3.8) is 0 Å². The molecule has 2 heterocycles. The topological polar surface area (TPSA) is 83.2 Å². The van der Waals surface area contributed by atoms with Gasteiger partial charge in [0.1, 0.15) is 12.4 Å². The Balaban J connectivity index is 1.38. The molecule has 7 nitrogen and oxygen atoms in total. The first-order valence-electron chi connectivity index (χ1n) is 7.82. The van der Waals surface area contributed by atoms with Crippen LogP contribution in [0.5, 0.6) is 11.8 Å². The largest absolute Gasteiger partial charge is 0.424 e. The van der Waals surface area contributed by atoms with Gasteiger partial charge in [-0.15, -0.1) is 0 Å². The molecule has 1 aliphatic rings. The maximum absolute atomic E-state index is 5.55. The van der Waals surface area contributed by atoms with E-state index in [4.69, 9.17) is 14.0 Å². The van der Waals surface area contributed by atoms with E-state index in [1.165, 1.54) is 12.8 Å². The zero-order valence-electron chi connectivity index (χ0n) is 13.0. The van der Waals surface area contributed by atoms with Gasteiger partial charge in [-0.1, -0.05) is 5.16 Å². The highest BCUT2D eigenvalue weighted by Gasteiger charge is 2.21. The summed E-state index contributed by atoms with van der Waals surface area (Å²) in [6.45, 7) is 1.13. The van der Waals surface area contributed by atoms with Crippen LogP contribution in [-0.2, 0) is 11.3 Å². The molecule has 1 fully saturated rings. The summed E-state index contributed by atoms with van der Waals surface area (Å²) in [4.78, 5) is 12.4. The summed E-state index contributed by atoms with van der Waals surface area (Å²) in [7, 11) is 0. The summed E-state index contributed by atoms with van der Waals surface area (Å²) in [6.07, 6.45) is 5.78. The highest BCUT2D eigenvalue weighted by Crippen LogP contribution is 2.29. The Bertz CT molecular complexity index is 785. The van der Waals surface area contributed by atoms with E-state index in [0.29, 0.717) is 36.0 Å². The molecule has 0 atom stereocenters. The van der Waals surface area contributed by atoms with Gasteiger partial charge >= 0.3 is 6.01 Å². The monoisotopic (exact) mass is 324 g/mol. The van der Waals surface area contributed by atoms with E-state index >= 15 is 0 Å². The van der Waals surface area contributed by atoms with Gasteiger partial charge in [0.15, 0.2) is 0 Å². The lowest BCUT2D eigenvalue weighted by Crippen LogP contribution is -1.97. The van der Waals surface area contributed by atoms with Crippen molar-refractivity contribution >= 4 is 0 Å². The second-order valence-electron chi connectivity index (χ2n) is 5.63. The summed E-state index contributed by atoms with van der Waals surface area (Å²) in [5.41, 5.74) is 0.841. The Morgan fingerprint density at radius 2 is 1.88 bits per heavy atom. The molecule has 3 aromatic rings. The molecule has 0 radical (unpaired) electrons. The van der Waals surface area contributed by atoms with E-state index in [0.717, 1.165) is 12.2 Å². The fraction of sp³-hybridized carbons (Fsp3) is 0.294.